The van der Waals surface area contributed by atoms with Gasteiger partial charge >= 0.3 is 0 Å². The van der Waals surface area contributed by atoms with E-state index in [4.69, 9.17) is 0 Å². The summed E-state index contributed by atoms with van der Waals surface area (Å²) in [5.41, 5.74) is 2.01. The van der Waals surface area contributed by atoms with Crippen LogP contribution in [0, 0.1) is 5.92 Å². The average Bonchev–Trinajstić information content (AvgIpc) is 3.09. The summed E-state index contributed by atoms with van der Waals surface area (Å²) in [4.78, 5) is 7.44. The topological polar surface area (TPSA) is 44.5 Å². The molecular formula is C20H32N4OS. The van der Waals surface area contributed by atoms with E-state index in [0.29, 0.717) is 12.5 Å². The Morgan fingerprint density at radius 2 is 2.00 bits per heavy atom. The normalized spacial score (nSPS) is 16.9. The van der Waals surface area contributed by atoms with Crippen LogP contribution < -0.4 is 0 Å². The van der Waals surface area contributed by atoms with E-state index in [1.165, 1.54) is 21.9 Å². The Labute approximate surface area is 161 Å². The van der Waals surface area contributed by atoms with E-state index in [-0.39, 0.29) is 0 Å². The second kappa shape index (κ2) is 8.65. The van der Waals surface area contributed by atoms with Crippen molar-refractivity contribution in [2.45, 2.75) is 52.4 Å². The van der Waals surface area contributed by atoms with Crippen molar-refractivity contribution in [3.05, 3.63) is 39.3 Å². The Hall–Kier alpha value is -1.21. The maximum atomic E-state index is 10.4. The molecule has 1 N–H and O–H groups in total. The van der Waals surface area contributed by atoms with Crippen molar-refractivity contribution in [1.29, 1.82) is 0 Å². The Morgan fingerprint density at radius 1 is 1.23 bits per heavy atom. The number of nitrogens with zero attached hydrogens (tertiary/aromatic N) is 4. The third-order valence-electron chi connectivity index (χ3n) is 4.70. The molecule has 0 aromatic carbocycles. The lowest BCUT2D eigenvalue weighted by atomic mass is 10.1. The van der Waals surface area contributed by atoms with Crippen molar-refractivity contribution in [3.8, 4) is 0 Å². The maximum absolute atomic E-state index is 10.4. The van der Waals surface area contributed by atoms with Gasteiger partial charge in [-0.25, -0.2) is 0 Å². The number of fused-ring (bicyclic) bond motifs is 1. The molecule has 0 fully saturated rings. The van der Waals surface area contributed by atoms with E-state index >= 15 is 0 Å². The molecule has 0 aliphatic carbocycles. The molecule has 1 aliphatic heterocycles. The average molecular weight is 377 g/mol. The molecule has 1 unspecified atom stereocenters. The van der Waals surface area contributed by atoms with Crippen LogP contribution in [0.4, 0.5) is 0 Å². The molecule has 0 spiro atoms. The molecule has 144 valence electrons. The van der Waals surface area contributed by atoms with Gasteiger partial charge in [0.25, 0.3) is 0 Å². The number of aliphatic hydroxyl groups is 1. The molecule has 0 bridgehead atoms. The third kappa shape index (κ3) is 5.16. The molecule has 0 saturated carbocycles. The Morgan fingerprint density at radius 3 is 2.73 bits per heavy atom. The lowest BCUT2D eigenvalue weighted by molar-refractivity contribution is 0.133. The number of aromatic nitrogens is 2. The smallest absolute Gasteiger partial charge is 0.110 e. The van der Waals surface area contributed by atoms with E-state index < -0.39 is 6.10 Å². The third-order valence-corrected chi connectivity index (χ3v) is 5.79. The zero-order chi connectivity index (χ0) is 18.7. The number of likely N-dealkylation sites (N-methyl/N-ethyl adjacent to an activating group) is 1. The minimum Gasteiger partial charge on any atom is -0.385 e. The highest BCUT2D eigenvalue weighted by Gasteiger charge is 2.20. The fourth-order valence-corrected chi connectivity index (χ4v) is 4.80. The summed E-state index contributed by atoms with van der Waals surface area (Å²) in [6, 6.07) is 6.67. The first-order chi connectivity index (χ1) is 12.4. The minimum absolute atomic E-state index is 0.520. The van der Waals surface area contributed by atoms with Crippen LogP contribution in [0.5, 0.6) is 0 Å². The molecule has 3 rings (SSSR count). The van der Waals surface area contributed by atoms with Crippen molar-refractivity contribution in [2.24, 2.45) is 5.92 Å². The van der Waals surface area contributed by atoms with Crippen LogP contribution >= 0.6 is 11.3 Å². The summed E-state index contributed by atoms with van der Waals surface area (Å²) in [6.45, 7) is 9.09. The standard InChI is InChI=1S/C20H32N4OS/c1-15(2)10-17-6-7-18(26-17)13-23-8-5-9-24-16(12-23)11-19(21-24)20(25)14-22(3)4/h6-7,11,15,20,25H,5,8-10,12-14H2,1-4H3. The molecule has 0 radical (unpaired) electrons. The number of hydrogen-bond acceptors (Lipinski definition) is 5. The van der Waals surface area contributed by atoms with E-state index in [0.717, 1.165) is 38.3 Å². The predicted molar refractivity (Wildman–Crippen MR) is 107 cm³/mol. The molecule has 26 heavy (non-hydrogen) atoms. The van der Waals surface area contributed by atoms with Crippen LogP contribution in [0.15, 0.2) is 18.2 Å². The van der Waals surface area contributed by atoms with Gasteiger partial charge in [-0.2, -0.15) is 5.10 Å². The van der Waals surface area contributed by atoms with Crippen LogP contribution in [0.3, 0.4) is 0 Å². The number of thiophene rings is 1. The van der Waals surface area contributed by atoms with Crippen molar-refractivity contribution < 1.29 is 5.11 Å². The number of aryl methyl sites for hydroxylation is 1. The first kappa shape index (κ1) is 19.5. The second-order valence-corrected chi connectivity index (χ2v) is 9.34. The molecule has 2 aromatic rings. The molecule has 0 amide bonds. The number of hydrogen-bond donors (Lipinski definition) is 1. The van der Waals surface area contributed by atoms with Gasteiger partial charge < -0.3 is 10.0 Å². The zero-order valence-corrected chi connectivity index (χ0v) is 17.3. The molecule has 3 heterocycles. The zero-order valence-electron chi connectivity index (χ0n) is 16.5. The van der Waals surface area contributed by atoms with Crippen LogP contribution in [-0.4, -0.2) is 51.9 Å². The lowest BCUT2D eigenvalue weighted by Gasteiger charge is -2.18. The molecule has 6 heteroatoms. The summed E-state index contributed by atoms with van der Waals surface area (Å²) in [6.07, 6.45) is 1.75. The van der Waals surface area contributed by atoms with Gasteiger partial charge in [0.2, 0.25) is 0 Å². The molecule has 1 atom stereocenters. The van der Waals surface area contributed by atoms with Crippen LogP contribution in [0.1, 0.15) is 47.5 Å². The highest BCUT2D eigenvalue weighted by molar-refractivity contribution is 7.11. The summed E-state index contributed by atoms with van der Waals surface area (Å²) in [7, 11) is 3.95. The van der Waals surface area contributed by atoms with Gasteiger partial charge in [-0.3, -0.25) is 9.58 Å². The van der Waals surface area contributed by atoms with Crippen LogP contribution in [0.25, 0.3) is 0 Å². The largest absolute Gasteiger partial charge is 0.385 e. The molecule has 2 aromatic heterocycles. The van der Waals surface area contributed by atoms with Crippen molar-refractivity contribution >= 4 is 11.3 Å². The molecule has 0 saturated heterocycles. The monoisotopic (exact) mass is 376 g/mol. The molecular weight excluding hydrogens is 344 g/mol. The fourth-order valence-electron chi connectivity index (χ4n) is 3.53. The quantitative estimate of drug-likeness (QED) is 0.806. The van der Waals surface area contributed by atoms with E-state index in [9.17, 15) is 5.11 Å². The van der Waals surface area contributed by atoms with Gasteiger partial charge in [0.1, 0.15) is 6.10 Å². The first-order valence-electron chi connectivity index (χ1n) is 9.60. The Balaban J connectivity index is 1.65. The van der Waals surface area contributed by atoms with Crippen molar-refractivity contribution in [3.63, 3.8) is 0 Å². The fraction of sp³-hybridized carbons (Fsp3) is 0.650. The van der Waals surface area contributed by atoms with Crippen molar-refractivity contribution in [2.75, 3.05) is 27.2 Å². The predicted octanol–water partition coefficient (Wildman–Crippen LogP) is 3.14. The Bertz CT molecular complexity index is 706. The first-order valence-corrected chi connectivity index (χ1v) is 10.4. The Kier molecular flexibility index (Phi) is 6.51. The van der Waals surface area contributed by atoms with Crippen molar-refractivity contribution in [1.82, 2.24) is 19.6 Å². The summed E-state index contributed by atoms with van der Waals surface area (Å²) in [5, 5.41) is 15.0. The number of rotatable bonds is 7. The van der Waals surface area contributed by atoms with E-state index in [1.807, 2.05) is 30.3 Å². The van der Waals surface area contributed by atoms with E-state index in [1.54, 1.807) is 0 Å². The summed E-state index contributed by atoms with van der Waals surface area (Å²) >= 11 is 1.95. The summed E-state index contributed by atoms with van der Waals surface area (Å²) < 4.78 is 2.09. The van der Waals surface area contributed by atoms with E-state index in [2.05, 4.69) is 46.7 Å². The number of aliphatic hydroxyl groups excluding tert-OH is 1. The van der Waals surface area contributed by atoms with Gasteiger partial charge in [-0.1, -0.05) is 13.8 Å². The SMILES string of the molecule is CC(C)Cc1ccc(CN2CCCn3nc(C(O)CN(C)C)cc3C2)s1. The highest BCUT2D eigenvalue weighted by Crippen LogP contribution is 2.24. The lowest BCUT2D eigenvalue weighted by Crippen LogP contribution is -2.22. The summed E-state index contributed by atoms with van der Waals surface area (Å²) in [5.74, 6) is 0.709. The van der Waals surface area contributed by atoms with Crippen LogP contribution in [0.2, 0.25) is 0 Å². The van der Waals surface area contributed by atoms with Gasteiger partial charge in [0.05, 0.1) is 11.4 Å². The van der Waals surface area contributed by atoms with Gasteiger partial charge in [-0.05, 0) is 51.1 Å². The minimum atomic E-state index is -0.520. The maximum Gasteiger partial charge on any atom is 0.110 e. The highest BCUT2D eigenvalue weighted by atomic mass is 32.1. The molecule has 1 aliphatic rings. The van der Waals surface area contributed by atoms with Crippen LogP contribution in [-0.2, 0) is 26.1 Å². The second-order valence-electron chi connectivity index (χ2n) is 8.09. The van der Waals surface area contributed by atoms with Gasteiger partial charge in [-0.15, -0.1) is 11.3 Å². The van der Waals surface area contributed by atoms with Gasteiger partial charge in [0.15, 0.2) is 0 Å². The van der Waals surface area contributed by atoms with Gasteiger partial charge in [0, 0.05) is 42.5 Å². The molecule has 5 nitrogen and oxygen atoms in total.